The molecule has 0 heterocycles. The fraction of sp³-hybridized carbons (Fsp3) is 0.600. The number of rotatable bonds is 9. The summed E-state index contributed by atoms with van der Waals surface area (Å²) in [6.07, 6.45) is 2.21. The molecule has 0 saturated carbocycles. The van der Waals surface area contributed by atoms with Crippen molar-refractivity contribution in [2.45, 2.75) is 25.8 Å². The Morgan fingerprint density at radius 3 is 2.53 bits per heavy atom. The zero-order valence-corrected chi connectivity index (χ0v) is 12.0. The van der Waals surface area contributed by atoms with Gasteiger partial charge in [0, 0.05) is 19.1 Å². The van der Waals surface area contributed by atoms with Gasteiger partial charge in [-0.15, -0.1) is 0 Å². The highest BCUT2D eigenvalue weighted by molar-refractivity contribution is 5.29. The maximum absolute atomic E-state index is 8.99. The number of hydrogen-bond donors (Lipinski definition) is 2. The minimum atomic E-state index is 0.136. The first-order chi connectivity index (χ1) is 9.22. The van der Waals surface area contributed by atoms with Gasteiger partial charge in [-0.25, -0.2) is 0 Å². The lowest BCUT2D eigenvalue weighted by molar-refractivity contribution is 0.183. The normalized spacial score (nSPS) is 12.7. The van der Waals surface area contributed by atoms with Crippen molar-refractivity contribution in [1.29, 1.82) is 0 Å². The van der Waals surface area contributed by atoms with Crippen molar-refractivity contribution in [3.8, 4) is 5.75 Å². The van der Waals surface area contributed by atoms with Crippen LogP contribution in [0, 0.1) is 0 Å². The van der Waals surface area contributed by atoms with E-state index in [4.69, 9.17) is 15.6 Å². The highest BCUT2D eigenvalue weighted by Gasteiger charge is 2.14. The smallest absolute Gasteiger partial charge is 0.119 e. The zero-order chi connectivity index (χ0) is 14.1. The van der Waals surface area contributed by atoms with E-state index in [1.807, 2.05) is 31.3 Å². The Morgan fingerprint density at radius 1 is 1.32 bits per heavy atom. The predicted octanol–water partition coefficient (Wildman–Crippen LogP) is 1.79. The molecule has 0 bridgehead atoms. The van der Waals surface area contributed by atoms with Gasteiger partial charge in [0.1, 0.15) is 5.75 Å². The third kappa shape index (κ3) is 5.19. The Kier molecular flexibility index (Phi) is 7.48. The van der Waals surface area contributed by atoms with Crippen molar-refractivity contribution < 1.29 is 9.84 Å². The summed E-state index contributed by atoms with van der Waals surface area (Å²) in [5, 5.41) is 8.99. The van der Waals surface area contributed by atoms with Crippen LogP contribution in [0.25, 0.3) is 0 Å². The SMILES string of the molecule is CCCCOc1ccc(C(CN)N(C)CCO)cc1. The minimum absolute atomic E-state index is 0.136. The van der Waals surface area contributed by atoms with E-state index in [-0.39, 0.29) is 12.6 Å². The maximum Gasteiger partial charge on any atom is 0.119 e. The van der Waals surface area contributed by atoms with Crippen molar-refractivity contribution in [2.75, 3.05) is 33.4 Å². The Hall–Kier alpha value is -1.10. The Morgan fingerprint density at radius 2 is 2.00 bits per heavy atom. The van der Waals surface area contributed by atoms with E-state index in [0.717, 1.165) is 30.8 Å². The number of aliphatic hydroxyl groups excluding tert-OH is 1. The van der Waals surface area contributed by atoms with Crippen molar-refractivity contribution >= 4 is 0 Å². The van der Waals surface area contributed by atoms with Crippen LogP contribution in [0.2, 0.25) is 0 Å². The van der Waals surface area contributed by atoms with Crippen molar-refractivity contribution in [2.24, 2.45) is 5.73 Å². The Bertz CT molecular complexity index is 341. The average Bonchev–Trinajstić information content (AvgIpc) is 2.42. The van der Waals surface area contributed by atoms with E-state index in [9.17, 15) is 0 Å². The predicted molar refractivity (Wildman–Crippen MR) is 78.4 cm³/mol. The second-order valence-corrected chi connectivity index (χ2v) is 4.73. The summed E-state index contributed by atoms with van der Waals surface area (Å²) in [5.74, 6) is 0.901. The van der Waals surface area contributed by atoms with Crippen molar-refractivity contribution in [1.82, 2.24) is 4.90 Å². The van der Waals surface area contributed by atoms with Crippen LogP contribution in [0.15, 0.2) is 24.3 Å². The summed E-state index contributed by atoms with van der Waals surface area (Å²) in [5.41, 5.74) is 6.97. The van der Waals surface area contributed by atoms with Crippen LogP contribution < -0.4 is 10.5 Å². The molecule has 0 aliphatic carbocycles. The van der Waals surface area contributed by atoms with Crippen molar-refractivity contribution in [3.05, 3.63) is 29.8 Å². The maximum atomic E-state index is 8.99. The standard InChI is InChI=1S/C15H26N2O2/c1-3-4-11-19-14-7-5-13(6-8-14)15(12-16)17(2)9-10-18/h5-8,15,18H,3-4,9-12,16H2,1-2H3. The summed E-state index contributed by atoms with van der Waals surface area (Å²) in [6, 6.07) is 8.21. The lowest BCUT2D eigenvalue weighted by Crippen LogP contribution is -2.32. The van der Waals surface area contributed by atoms with Gasteiger partial charge in [-0.2, -0.15) is 0 Å². The van der Waals surface area contributed by atoms with Gasteiger partial charge < -0.3 is 15.6 Å². The summed E-state index contributed by atoms with van der Waals surface area (Å²) in [4.78, 5) is 2.06. The van der Waals surface area contributed by atoms with Crippen LogP contribution in [-0.4, -0.2) is 43.4 Å². The van der Waals surface area contributed by atoms with Crippen LogP contribution in [0.1, 0.15) is 31.4 Å². The van der Waals surface area contributed by atoms with Crippen molar-refractivity contribution in [3.63, 3.8) is 0 Å². The lowest BCUT2D eigenvalue weighted by atomic mass is 10.1. The van der Waals surface area contributed by atoms with Gasteiger partial charge >= 0.3 is 0 Å². The van der Waals surface area contributed by atoms with Crippen LogP contribution in [0.5, 0.6) is 5.75 Å². The molecular weight excluding hydrogens is 240 g/mol. The summed E-state index contributed by atoms with van der Waals surface area (Å²) < 4.78 is 5.64. The number of likely N-dealkylation sites (N-methyl/N-ethyl adjacent to an activating group) is 1. The van der Waals surface area contributed by atoms with Gasteiger partial charge in [-0.3, -0.25) is 4.90 Å². The number of aliphatic hydroxyl groups is 1. The molecular formula is C15H26N2O2. The first-order valence-corrected chi connectivity index (χ1v) is 6.96. The molecule has 1 rings (SSSR count). The zero-order valence-electron chi connectivity index (χ0n) is 12.0. The molecule has 1 aromatic rings. The van der Waals surface area contributed by atoms with E-state index in [2.05, 4.69) is 11.8 Å². The molecule has 0 fully saturated rings. The number of benzene rings is 1. The molecule has 1 atom stereocenters. The second kappa shape index (κ2) is 8.91. The van der Waals surface area contributed by atoms with E-state index >= 15 is 0 Å². The Labute approximate surface area is 116 Å². The second-order valence-electron chi connectivity index (χ2n) is 4.73. The molecule has 3 N–H and O–H groups in total. The molecule has 4 nitrogen and oxygen atoms in total. The molecule has 1 unspecified atom stereocenters. The molecule has 0 radical (unpaired) electrons. The molecule has 0 aliphatic rings. The van der Waals surface area contributed by atoms with E-state index in [0.29, 0.717) is 13.1 Å². The van der Waals surface area contributed by atoms with E-state index in [1.54, 1.807) is 0 Å². The summed E-state index contributed by atoms with van der Waals surface area (Å²) >= 11 is 0. The quantitative estimate of drug-likeness (QED) is 0.669. The molecule has 1 aromatic carbocycles. The number of unbranched alkanes of at least 4 members (excludes halogenated alkanes) is 1. The van der Waals surface area contributed by atoms with E-state index in [1.165, 1.54) is 0 Å². The molecule has 108 valence electrons. The highest BCUT2D eigenvalue weighted by Crippen LogP contribution is 2.21. The largest absolute Gasteiger partial charge is 0.494 e. The van der Waals surface area contributed by atoms with Gasteiger partial charge in [-0.05, 0) is 31.2 Å². The van der Waals surface area contributed by atoms with Gasteiger partial charge in [0.05, 0.1) is 13.2 Å². The highest BCUT2D eigenvalue weighted by atomic mass is 16.5. The molecule has 0 saturated heterocycles. The molecule has 0 aromatic heterocycles. The third-order valence-corrected chi connectivity index (χ3v) is 3.24. The fourth-order valence-corrected chi connectivity index (χ4v) is 2.00. The van der Waals surface area contributed by atoms with Gasteiger partial charge in [-0.1, -0.05) is 25.5 Å². The first-order valence-electron chi connectivity index (χ1n) is 6.96. The van der Waals surface area contributed by atoms with Crippen LogP contribution in [0.3, 0.4) is 0 Å². The van der Waals surface area contributed by atoms with Crippen LogP contribution >= 0.6 is 0 Å². The lowest BCUT2D eigenvalue weighted by Gasteiger charge is -2.26. The van der Waals surface area contributed by atoms with E-state index < -0.39 is 0 Å². The van der Waals surface area contributed by atoms with Gasteiger partial charge in [0.15, 0.2) is 0 Å². The monoisotopic (exact) mass is 266 g/mol. The molecule has 0 aliphatic heterocycles. The van der Waals surface area contributed by atoms with Gasteiger partial charge in [0.25, 0.3) is 0 Å². The molecule has 19 heavy (non-hydrogen) atoms. The Balaban J connectivity index is 2.62. The average molecular weight is 266 g/mol. The molecule has 0 spiro atoms. The summed E-state index contributed by atoms with van der Waals surface area (Å²) in [7, 11) is 1.97. The molecule has 4 heteroatoms. The summed E-state index contributed by atoms with van der Waals surface area (Å²) in [6.45, 7) is 4.21. The number of ether oxygens (including phenoxy) is 1. The van der Waals surface area contributed by atoms with Crippen LogP contribution in [-0.2, 0) is 0 Å². The number of nitrogens with two attached hydrogens (primary N) is 1. The number of hydrogen-bond acceptors (Lipinski definition) is 4. The molecule has 0 amide bonds. The van der Waals surface area contributed by atoms with Crippen LogP contribution in [0.4, 0.5) is 0 Å². The minimum Gasteiger partial charge on any atom is -0.494 e. The van der Waals surface area contributed by atoms with Gasteiger partial charge in [0.2, 0.25) is 0 Å². The number of nitrogens with zero attached hydrogens (tertiary/aromatic N) is 1. The fourth-order valence-electron chi connectivity index (χ4n) is 2.00. The first kappa shape index (κ1) is 16.0. The third-order valence-electron chi connectivity index (χ3n) is 3.24. The topological polar surface area (TPSA) is 58.7 Å².